The van der Waals surface area contributed by atoms with Crippen molar-refractivity contribution in [1.29, 1.82) is 0 Å². The lowest BCUT2D eigenvalue weighted by molar-refractivity contribution is 0.0992. The molecule has 0 bridgehead atoms. The van der Waals surface area contributed by atoms with Gasteiger partial charge in [0.2, 0.25) is 0 Å². The Balaban J connectivity index is 1.37. The number of hydrogen-bond acceptors (Lipinski definition) is 8. The number of hydrogen-bond donors (Lipinski definition) is 0. The first-order chi connectivity index (χ1) is 14.8. The summed E-state index contributed by atoms with van der Waals surface area (Å²) >= 11 is 1.50. The second-order valence-corrected chi connectivity index (χ2v) is 7.92. The van der Waals surface area contributed by atoms with E-state index in [1.807, 2.05) is 30.5 Å². The SMILES string of the molecule is O=C(Cc1cc2cc(-c3nncs3)ccc2cn1)c1ccnc(N2CCOCC2)c1. The molecule has 150 valence electrons. The van der Waals surface area contributed by atoms with E-state index in [2.05, 4.69) is 31.1 Å². The summed E-state index contributed by atoms with van der Waals surface area (Å²) in [6, 6.07) is 11.7. The molecular weight excluding hydrogens is 398 g/mol. The van der Waals surface area contributed by atoms with Crippen molar-refractivity contribution in [2.75, 3.05) is 31.2 Å². The van der Waals surface area contributed by atoms with Crippen LogP contribution in [0.5, 0.6) is 0 Å². The molecule has 0 unspecified atom stereocenters. The topological polar surface area (TPSA) is 81.1 Å². The highest BCUT2D eigenvalue weighted by molar-refractivity contribution is 7.12. The van der Waals surface area contributed by atoms with Crippen LogP contribution in [-0.2, 0) is 11.2 Å². The monoisotopic (exact) mass is 417 g/mol. The van der Waals surface area contributed by atoms with Crippen LogP contribution >= 0.6 is 11.3 Å². The summed E-state index contributed by atoms with van der Waals surface area (Å²) in [6.45, 7) is 2.93. The van der Waals surface area contributed by atoms with Gasteiger partial charge in [-0.1, -0.05) is 23.5 Å². The maximum Gasteiger partial charge on any atom is 0.169 e. The van der Waals surface area contributed by atoms with Crippen molar-refractivity contribution < 1.29 is 9.53 Å². The van der Waals surface area contributed by atoms with E-state index in [0.29, 0.717) is 18.8 Å². The number of ketones is 1. The molecule has 0 aliphatic carbocycles. The number of nitrogens with zero attached hydrogens (tertiary/aromatic N) is 5. The molecule has 4 aromatic rings. The molecule has 7 nitrogen and oxygen atoms in total. The Hall–Kier alpha value is -3.23. The first kappa shape index (κ1) is 18.8. The third-order valence-corrected chi connectivity index (χ3v) is 5.87. The fourth-order valence-corrected chi connectivity index (χ4v) is 4.09. The van der Waals surface area contributed by atoms with Crippen molar-refractivity contribution in [3.8, 4) is 10.6 Å². The smallest absolute Gasteiger partial charge is 0.169 e. The summed E-state index contributed by atoms with van der Waals surface area (Å²) in [5.41, 5.74) is 4.12. The summed E-state index contributed by atoms with van der Waals surface area (Å²) in [5.74, 6) is 0.844. The summed E-state index contributed by atoms with van der Waals surface area (Å²) in [6.07, 6.45) is 3.75. The summed E-state index contributed by atoms with van der Waals surface area (Å²) in [5, 5.41) is 11.0. The van der Waals surface area contributed by atoms with E-state index in [1.165, 1.54) is 11.3 Å². The van der Waals surface area contributed by atoms with Crippen LogP contribution in [-0.4, -0.2) is 52.3 Å². The van der Waals surface area contributed by atoms with Crippen molar-refractivity contribution in [3.63, 3.8) is 0 Å². The minimum atomic E-state index is 0.0269. The van der Waals surface area contributed by atoms with Gasteiger partial charge in [0.1, 0.15) is 16.3 Å². The van der Waals surface area contributed by atoms with Crippen LogP contribution in [0.4, 0.5) is 5.82 Å². The molecule has 1 aromatic carbocycles. The highest BCUT2D eigenvalue weighted by Crippen LogP contribution is 2.25. The predicted octanol–water partition coefficient (Wildman–Crippen LogP) is 3.41. The van der Waals surface area contributed by atoms with Crippen LogP contribution in [0.1, 0.15) is 16.1 Å². The first-order valence-electron chi connectivity index (χ1n) is 9.73. The molecule has 1 fully saturated rings. The number of aromatic nitrogens is 4. The Kier molecular flexibility index (Phi) is 5.17. The molecule has 5 rings (SSSR count). The minimum absolute atomic E-state index is 0.0269. The number of benzene rings is 1. The van der Waals surface area contributed by atoms with Crippen LogP contribution < -0.4 is 4.90 Å². The zero-order valence-electron chi connectivity index (χ0n) is 16.2. The quantitative estimate of drug-likeness (QED) is 0.460. The lowest BCUT2D eigenvalue weighted by Crippen LogP contribution is -2.36. The molecule has 0 N–H and O–H groups in total. The lowest BCUT2D eigenvalue weighted by Gasteiger charge is -2.27. The highest BCUT2D eigenvalue weighted by atomic mass is 32.1. The molecule has 0 atom stereocenters. The van der Waals surface area contributed by atoms with Gasteiger partial charge in [0.15, 0.2) is 5.78 Å². The number of anilines is 1. The standard InChI is InChI=1S/C22H19N5O2S/c28-20(15-3-4-23-21(11-15)27-5-7-29-8-6-27)12-19-10-18-9-16(22-26-25-14-30-22)1-2-17(18)13-24-19/h1-4,9-11,13-14H,5-8,12H2. The molecule has 0 saturated carbocycles. The second kappa shape index (κ2) is 8.25. The van der Waals surface area contributed by atoms with Crippen molar-refractivity contribution >= 4 is 33.7 Å². The van der Waals surface area contributed by atoms with Crippen molar-refractivity contribution in [2.24, 2.45) is 0 Å². The molecule has 0 radical (unpaired) electrons. The molecule has 30 heavy (non-hydrogen) atoms. The Morgan fingerprint density at radius 2 is 1.97 bits per heavy atom. The van der Waals surface area contributed by atoms with Gasteiger partial charge in [-0.25, -0.2) is 4.98 Å². The number of Topliss-reactive ketones (excluding diaryl/α,β-unsaturated/α-hetero) is 1. The van der Waals surface area contributed by atoms with Gasteiger partial charge < -0.3 is 9.64 Å². The molecular formula is C22H19N5O2S. The van der Waals surface area contributed by atoms with E-state index >= 15 is 0 Å². The van der Waals surface area contributed by atoms with E-state index in [9.17, 15) is 4.79 Å². The Morgan fingerprint density at radius 3 is 2.80 bits per heavy atom. The summed E-state index contributed by atoms with van der Waals surface area (Å²) < 4.78 is 5.39. The van der Waals surface area contributed by atoms with Crippen LogP contribution in [0.3, 0.4) is 0 Å². The van der Waals surface area contributed by atoms with Gasteiger partial charge >= 0.3 is 0 Å². The Morgan fingerprint density at radius 1 is 1.07 bits per heavy atom. The third-order valence-electron chi connectivity index (χ3n) is 5.13. The lowest BCUT2D eigenvalue weighted by atomic mass is 10.0. The highest BCUT2D eigenvalue weighted by Gasteiger charge is 2.15. The summed E-state index contributed by atoms with van der Waals surface area (Å²) in [7, 11) is 0. The Bertz CT molecular complexity index is 1190. The molecule has 8 heteroatoms. The Labute approximate surface area is 177 Å². The number of carbonyl (C=O) groups is 1. The van der Waals surface area contributed by atoms with Crippen molar-refractivity contribution in [2.45, 2.75) is 6.42 Å². The molecule has 0 spiro atoms. The normalized spacial score (nSPS) is 14.2. The van der Waals surface area contributed by atoms with E-state index in [1.54, 1.807) is 17.8 Å². The molecule has 1 aliphatic rings. The van der Waals surface area contributed by atoms with Gasteiger partial charge in [0.25, 0.3) is 0 Å². The molecule has 1 saturated heterocycles. The number of rotatable bonds is 5. The van der Waals surface area contributed by atoms with E-state index in [-0.39, 0.29) is 12.2 Å². The average Bonchev–Trinajstić information content (AvgIpc) is 3.34. The minimum Gasteiger partial charge on any atom is -0.378 e. The summed E-state index contributed by atoms with van der Waals surface area (Å²) in [4.78, 5) is 24.0. The van der Waals surface area contributed by atoms with Gasteiger partial charge in [-0.05, 0) is 29.7 Å². The number of fused-ring (bicyclic) bond motifs is 1. The first-order valence-corrected chi connectivity index (χ1v) is 10.6. The van der Waals surface area contributed by atoms with Gasteiger partial charge in [-0.3, -0.25) is 9.78 Å². The van der Waals surface area contributed by atoms with Crippen LogP contribution in [0, 0.1) is 0 Å². The number of pyridine rings is 2. The zero-order valence-corrected chi connectivity index (χ0v) is 17.0. The van der Waals surface area contributed by atoms with Crippen molar-refractivity contribution in [3.05, 3.63) is 65.6 Å². The van der Waals surface area contributed by atoms with E-state index in [0.717, 1.165) is 45.9 Å². The molecule has 0 amide bonds. The van der Waals surface area contributed by atoms with Gasteiger partial charge in [-0.2, -0.15) is 0 Å². The maximum absolute atomic E-state index is 12.9. The fourth-order valence-electron chi connectivity index (χ4n) is 3.54. The number of morpholine rings is 1. The van der Waals surface area contributed by atoms with Crippen LogP contribution in [0.15, 0.2) is 54.3 Å². The van der Waals surface area contributed by atoms with Gasteiger partial charge in [0.05, 0.1) is 19.6 Å². The maximum atomic E-state index is 12.9. The van der Waals surface area contributed by atoms with Crippen molar-refractivity contribution in [1.82, 2.24) is 20.2 Å². The van der Waals surface area contributed by atoms with E-state index in [4.69, 9.17) is 4.74 Å². The second-order valence-electron chi connectivity index (χ2n) is 7.08. The largest absolute Gasteiger partial charge is 0.378 e. The average molecular weight is 417 g/mol. The van der Waals surface area contributed by atoms with Gasteiger partial charge in [0, 0.05) is 47.7 Å². The van der Waals surface area contributed by atoms with Crippen LogP contribution in [0.25, 0.3) is 21.3 Å². The predicted molar refractivity (Wildman–Crippen MR) is 116 cm³/mol. The zero-order chi connectivity index (χ0) is 20.3. The number of ether oxygens (including phenoxy) is 1. The number of carbonyl (C=O) groups excluding carboxylic acids is 1. The fraction of sp³-hybridized carbons (Fsp3) is 0.227. The van der Waals surface area contributed by atoms with Crippen LogP contribution in [0.2, 0.25) is 0 Å². The molecule has 3 aromatic heterocycles. The van der Waals surface area contributed by atoms with Gasteiger partial charge in [-0.15, -0.1) is 10.2 Å². The molecule has 1 aliphatic heterocycles. The van der Waals surface area contributed by atoms with E-state index < -0.39 is 0 Å². The third kappa shape index (κ3) is 3.92. The molecule has 4 heterocycles.